The Balaban J connectivity index is 2.14. The van der Waals surface area contributed by atoms with Crippen molar-refractivity contribution in [3.8, 4) is 11.8 Å². The lowest BCUT2D eigenvalue weighted by atomic mass is 10.1. The van der Waals surface area contributed by atoms with Crippen LogP contribution in [0.1, 0.15) is 31.4 Å². The van der Waals surface area contributed by atoms with Gasteiger partial charge in [-0.15, -0.1) is 0 Å². The Labute approximate surface area is 114 Å². The van der Waals surface area contributed by atoms with Gasteiger partial charge in [-0.05, 0) is 42.5 Å². The van der Waals surface area contributed by atoms with Crippen LogP contribution in [0.5, 0.6) is 0 Å². The van der Waals surface area contributed by atoms with Crippen molar-refractivity contribution in [2.24, 2.45) is 11.8 Å². The maximum Gasteiger partial charge on any atom is 0.227 e. The lowest BCUT2D eigenvalue weighted by molar-refractivity contribution is -0.117. The summed E-state index contributed by atoms with van der Waals surface area (Å²) in [6.45, 7) is 4.01. The molecule has 0 radical (unpaired) electrons. The maximum absolute atomic E-state index is 11.9. The van der Waals surface area contributed by atoms with Crippen LogP contribution in [0.2, 0.25) is 0 Å². The smallest absolute Gasteiger partial charge is 0.227 e. The highest BCUT2D eigenvalue weighted by atomic mass is 16.2. The molecular formula is C16H19NO2. The summed E-state index contributed by atoms with van der Waals surface area (Å²) >= 11 is 0. The maximum atomic E-state index is 11.9. The van der Waals surface area contributed by atoms with Gasteiger partial charge in [0.2, 0.25) is 5.91 Å². The summed E-state index contributed by atoms with van der Waals surface area (Å²) < 4.78 is 0. The summed E-state index contributed by atoms with van der Waals surface area (Å²) in [5.74, 6) is 6.32. The molecule has 1 fully saturated rings. The molecule has 1 saturated carbocycles. The number of aliphatic hydroxyl groups excluding tert-OH is 1. The van der Waals surface area contributed by atoms with E-state index in [1.165, 1.54) is 0 Å². The number of nitrogens with one attached hydrogen (secondary N) is 1. The molecule has 1 aliphatic carbocycles. The van der Waals surface area contributed by atoms with Gasteiger partial charge in [0.15, 0.2) is 0 Å². The first-order chi connectivity index (χ1) is 9.15. The first kappa shape index (κ1) is 13.6. The number of amides is 1. The van der Waals surface area contributed by atoms with E-state index < -0.39 is 0 Å². The van der Waals surface area contributed by atoms with E-state index in [1.54, 1.807) is 0 Å². The molecule has 0 aromatic heterocycles. The third-order valence-corrected chi connectivity index (χ3v) is 3.50. The van der Waals surface area contributed by atoms with Gasteiger partial charge in [0.25, 0.3) is 0 Å². The van der Waals surface area contributed by atoms with Gasteiger partial charge >= 0.3 is 0 Å². The molecule has 1 aliphatic rings. The standard InChI is InChI=1S/C16H19NO2/c1-3-13-10-12(5-4-8-18)6-7-15(13)17-16(19)14-9-11(14)2/h6-7,10-11,14,18H,3,8-9H2,1-2H3,(H,17,19). The van der Waals surface area contributed by atoms with Gasteiger partial charge in [-0.3, -0.25) is 4.79 Å². The number of rotatable bonds is 3. The van der Waals surface area contributed by atoms with Crippen molar-refractivity contribution in [1.29, 1.82) is 0 Å². The molecule has 1 aromatic carbocycles. The number of aliphatic hydroxyl groups is 1. The lowest BCUT2D eigenvalue weighted by Gasteiger charge is -2.10. The first-order valence-electron chi connectivity index (χ1n) is 6.69. The van der Waals surface area contributed by atoms with E-state index in [2.05, 4.69) is 24.1 Å². The third-order valence-electron chi connectivity index (χ3n) is 3.50. The number of anilines is 1. The summed E-state index contributed by atoms with van der Waals surface area (Å²) in [6, 6.07) is 5.73. The second-order valence-corrected chi connectivity index (χ2v) is 4.99. The van der Waals surface area contributed by atoms with Gasteiger partial charge in [0, 0.05) is 17.2 Å². The highest BCUT2D eigenvalue weighted by Crippen LogP contribution is 2.38. The normalized spacial score (nSPS) is 20.4. The Bertz CT molecular complexity index is 539. The van der Waals surface area contributed by atoms with Gasteiger partial charge < -0.3 is 10.4 Å². The molecule has 2 atom stereocenters. The van der Waals surface area contributed by atoms with E-state index in [4.69, 9.17) is 5.11 Å². The van der Waals surface area contributed by atoms with E-state index in [0.717, 1.165) is 29.7 Å². The fraction of sp³-hybridized carbons (Fsp3) is 0.438. The van der Waals surface area contributed by atoms with Crippen LogP contribution in [0, 0.1) is 23.7 Å². The molecule has 2 rings (SSSR count). The second kappa shape index (κ2) is 5.90. The van der Waals surface area contributed by atoms with E-state index in [-0.39, 0.29) is 18.4 Å². The fourth-order valence-corrected chi connectivity index (χ4v) is 2.14. The summed E-state index contributed by atoms with van der Waals surface area (Å²) in [6.07, 6.45) is 1.83. The molecule has 2 N–H and O–H groups in total. The Kier molecular flexibility index (Phi) is 4.24. The number of hydrogen-bond donors (Lipinski definition) is 2. The van der Waals surface area contributed by atoms with E-state index >= 15 is 0 Å². The van der Waals surface area contributed by atoms with Crippen molar-refractivity contribution < 1.29 is 9.90 Å². The molecule has 1 aromatic rings. The van der Waals surface area contributed by atoms with Crippen LogP contribution in [0.25, 0.3) is 0 Å². The van der Waals surface area contributed by atoms with Crippen LogP contribution in [0.4, 0.5) is 5.69 Å². The fourth-order valence-electron chi connectivity index (χ4n) is 2.14. The molecule has 2 unspecified atom stereocenters. The van der Waals surface area contributed by atoms with Crippen molar-refractivity contribution in [3.63, 3.8) is 0 Å². The van der Waals surface area contributed by atoms with Gasteiger partial charge in [-0.25, -0.2) is 0 Å². The number of aryl methyl sites for hydroxylation is 1. The number of carbonyl (C=O) groups is 1. The van der Waals surface area contributed by atoms with Crippen LogP contribution < -0.4 is 5.32 Å². The number of hydrogen-bond acceptors (Lipinski definition) is 2. The van der Waals surface area contributed by atoms with Crippen molar-refractivity contribution in [2.75, 3.05) is 11.9 Å². The lowest BCUT2D eigenvalue weighted by Crippen LogP contribution is -2.15. The molecule has 0 aliphatic heterocycles. The highest BCUT2D eigenvalue weighted by molar-refractivity contribution is 5.95. The molecular weight excluding hydrogens is 238 g/mol. The average molecular weight is 257 g/mol. The van der Waals surface area contributed by atoms with Crippen molar-refractivity contribution in [1.82, 2.24) is 0 Å². The minimum absolute atomic E-state index is 0.122. The van der Waals surface area contributed by atoms with Crippen LogP contribution in [-0.4, -0.2) is 17.6 Å². The molecule has 3 heteroatoms. The van der Waals surface area contributed by atoms with E-state index in [1.807, 2.05) is 25.1 Å². The van der Waals surface area contributed by atoms with Crippen LogP contribution in [0.15, 0.2) is 18.2 Å². The molecule has 100 valence electrons. The molecule has 0 saturated heterocycles. The van der Waals surface area contributed by atoms with Crippen molar-refractivity contribution in [3.05, 3.63) is 29.3 Å². The van der Waals surface area contributed by atoms with Crippen LogP contribution >= 0.6 is 0 Å². The molecule has 0 bridgehead atoms. The Morgan fingerprint density at radius 3 is 2.84 bits per heavy atom. The quantitative estimate of drug-likeness (QED) is 0.815. The number of carbonyl (C=O) groups excluding carboxylic acids is 1. The summed E-state index contributed by atoms with van der Waals surface area (Å²) in [4.78, 5) is 11.9. The largest absolute Gasteiger partial charge is 0.384 e. The average Bonchev–Trinajstić information content (AvgIpc) is 3.14. The van der Waals surface area contributed by atoms with Crippen LogP contribution in [0.3, 0.4) is 0 Å². The highest BCUT2D eigenvalue weighted by Gasteiger charge is 2.39. The van der Waals surface area contributed by atoms with Crippen molar-refractivity contribution in [2.45, 2.75) is 26.7 Å². The monoisotopic (exact) mass is 257 g/mol. The number of benzene rings is 1. The van der Waals surface area contributed by atoms with Gasteiger partial charge in [0.1, 0.15) is 6.61 Å². The van der Waals surface area contributed by atoms with E-state index in [9.17, 15) is 4.79 Å². The molecule has 3 nitrogen and oxygen atoms in total. The minimum Gasteiger partial charge on any atom is -0.384 e. The Morgan fingerprint density at radius 1 is 1.53 bits per heavy atom. The topological polar surface area (TPSA) is 49.3 Å². The first-order valence-corrected chi connectivity index (χ1v) is 6.69. The van der Waals surface area contributed by atoms with Crippen LogP contribution in [-0.2, 0) is 11.2 Å². The molecule has 0 spiro atoms. The molecule has 19 heavy (non-hydrogen) atoms. The summed E-state index contributed by atoms with van der Waals surface area (Å²) in [7, 11) is 0. The zero-order valence-electron chi connectivity index (χ0n) is 11.4. The second-order valence-electron chi connectivity index (χ2n) is 4.99. The van der Waals surface area contributed by atoms with E-state index in [0.29, 0.717) is 5.92 Å². The minimum atomic E-state index is -0.139. The summed E-state index contributed by atoms with van der Waals surface area (Å²) in [5, 5.41) is 11.7. The van der Waals surface area contributed by atoms with Gasteiger partial charge in [0.05, 0.1) is 0 Å². The molecule has 1 amide bonds. The summed E-state index contributed by atoms with van der Waals surface area (Å²) in [5.41, 5.74) is 2.82. The van der Waals surface area contributed by atoms with Gasteiger partial charge in [-0.1, -0.05) is 25.7 Å². The zero-order valence-corrected chi connectivity index (χ0v) is 11.4. The SMILES string of the molecule is CCc1cc(C#CCO)ccc1NC(=O)C1CC1C. The van der Waals surface area contributed by atoms with Gasteiger partial charge in [-0.2, -0.15) is 0 Å². The van der Waals surface area contributed by atoms with Crippen molar-refractivity contribution >= 4 is 11.6 Å². The Morgan fingerprint density at radius 2 is 2.26 bits per heavy atom. The predicted octanol–water partition coefficient (Wildman–Crippen LogP) is 2.19. The third kappa shape index (κ3) is 3.36. The predicted molar refractivity (Wildman–Crippen MR) is 75.7 cm³/mol. The zero-order chi connectivity index (χ0) is 13.8. The molecule has 0 heterocycles. The Hall–Kier alpha value is -1.79.